The van der Waals surface area contributed by atoms with Crippen LogP contribution in [0.5, 0.6) is 0 Å². The average Bonchev–Trinajstić information content (AvgIpc) is 3.07. The Hall–Kier alpha value is -2.22. The highest BCUT2D eigenvalue weighted by molar-refractivity contribution is 7.88. The van der Waals surface area contributed by atoms with Crippen LogP contribution in [0.4, 0.5) is 0 Å². The Morgan fingerprint density at radius 2 is 1.90 bits per heavy atom. The van der Waals surface area contributed by atoms with Gasteiger partial charge in [-0.3, -0.25) is 9.67 Å². The second kappa shape index (κ2) is 8.65. The summed E-state index contributed by atoms with van der Waals surface area (Å²) in [6, 6.07) is 10.8. The first-order valence-electron chi connectivity index (χ1n) is 9.72. The number of fused-ring (bicyclic) bond motifs is 1. The van der Waals surface area contributed by atoms with Crippen molar-refractivity contribution in [3.63, 3.8) is 0 Å². The zero-order chi connectivity index (χ0) is 20.3. The second-order valence-corrected chi connectivity index (χ2v) is 9.47. The predicted molar refractivity (Wildman–Crippen MR) is 114 cm³/mol. The first-order valence-corrected chi connectivity index (χ1v) is 11.8. The summed E-state index contributed by atoms with van der Waals surface area (Å²) in [7, 11) is -3.45. The number of halogens is 1. The molecule has 1 aliphatic rings. The molecule has 0 saturated heterocycles. The van der Waals surface area contributed by atoms with Crippen molar-refractivity contribution in [3.05, 3.63) is 70.6 Å². The van der Waals surface area contributed by atoms with Crippen LogP contribution in [-0.4, -0.2) is 29.7 Å². The molecule has 0 amide bonds. The maximum absolute atomic E-state index is 12.4. The highest BCUT2D eigenvalue weighted by Crippen LogP contribution is 2.30. The number of hydrogen-bond acceptors (Lipinski definition) is 4. The molecular weight excluding hydrogens is 408 g/mol. The molecular formula is C21H23ClN4O2S. The van der Waals surface area contributed by atoms with Gasteiger partial charge in [-0.25, -0.2) is 13.1 Å². The minimum Gasteiger partial charge on any atom is -0.267 e. The molecule has 0 unspecified atom stereocenters. The van der Waals surface area contributed by atoms with E-state index in [1.165, 1.54) is 11.3 Å². The molecule has 2 heterocycles. The van der Waals surface area contributed by atoms with Gasteiger partial charge in [0.05, 0.1) is 18.0 Å². The van der Waals surface area contributed by atoms with Crippen molar-refractivity contribution >= 4 is 21.6 Å². The molecule has 1 N–H and O–H groups in total. The summed E-state index contributed by atoms with van der Waals surface area (Å²) in [6.07, 6.45) is 7.81. The summed E-state index contributed by atoms with van der Waals surface area (Å²) in [4.78, 5) is 4.09. The minimum absolute atomic E-state index is 0.0902. The van der Waals surface area contributed by atoms with Gasteiger partial charge in [0.15, 0.2) is 0 Å². The first kappa shape index (κ1) is 20.1. The normalized spacial score (nSPS) is 14.0. The lowest BCUT2D eigenvalue weighted by molar-refractivity contribution is 0.538. The number of benzene rings is 1. The molecule has 3 aromatic rings. The zero-order valence-electron chi connectivity index (χ0n) is 16.0. The number of nitrogens with zero attached hydrogens (tertiary/aromatic N) is 3. The Bertz CT molecular complexity index is 1100. The number of aromatic nitrogens is 3. The monoisotopic (exact) mass is 430 g/mol. The number of rotatable bonds is 7. The van der Waals surface area contributed by atoms with Crippen LogP contribution in [0.15, 0.2) is 48.8 Å². The highest BCUT2D eigenvalue weighted by Gasteiger charge is 2.22. The van der Waals surface area contributed by atoms with Gasteiger partial charge in [-0.15, -0.1) is 0 Å². The molecule has 152 valence electrons. The molecule has 2 aromatic heterocycles. The third-order valence-electron chi connectivity index (χ3n) is 5.10. The van der Waals surface area contributed by atoms with Crippen LogP contribution < -0.4 is 4.72 Å². The van der Waals surface area contributed by atoms with Gasteiger partial charge in [0.25, 0.3) is 0 Å². The predicted octanol–water partition coefficient (Wildman–Crippen LogP) is 3.60. The van der Waals surface area contributed by atoms with E-state index in [9.17, 15) is 8.42 Å². The van der Waals surface area contributed by atoms with Crippen molar-refractivity contribution in [2.24, 2.45) is 0 Å². The molecule has 1 aromatic carbocycles. The van der Waals surface area contributed by atoms with Crippen molar-refractivity contribution in [1.82, 2.24) is 19.5 Å². The van der Waals surface area contributed by atoms with Gasteiger partial charge in [-0.1, -0.05) is 23.7 Å². The van der Waals surface area contributed by atoms with Gasteiger partial charge >= 0.3 is 0 Å². The van der Waals surface area contributed by atoms with E-state index in [1.54, 1.807) is 36.7 Å². The summed E-state index contributed by atoms with van der Waals surface area (Å²) in [5.41, 5.74) is 5.21. The molecule has 0 spiro atoms. The Balaban J connectivity index is 1.46. The van der Waals surface area contributed by atoms with Crippen LogP contribution in [0.2, 0.25) is 5.02 Å². The molecule has 0 atom stereocenters. The smallest absolute Gasteiger partial charge is 0.215 e. The molecule has 0 saturated carbocycles. The van der Waals surface area contributed by atoms with Crippen molar-refractivity contribution < 1.29 is 8.42 Å². The van der Waals surface area contributed by atoms with Gasteiger partial charge in [0.2, 0.25) is 10.0 Å². The molecule has 1 aliphatic carbocycles. The molecule has 0 radical (unpaired) electrons. The van der Waals surface area contributed by atoms with Crippen LogP contribution in [0, 0.1) is 0 Å². The van der Waals surface area contributed by atoms with Gasteiger partial charge in [-0.2, -0.15) is 5.10 Å². The molecule has 0 fully saturated rings. The van der Waals surface area contributed by atoms with Crippen LogP contribution >= 0.6 is 11.6 Å². The molecule has 4 rings (SSSR count). The molecule has 0 bridgehead atoms. The van der Waals surface area contributed by atoms with Gasteiger partial charge in [-0.05, 0) is 55.5 Å². The van der Waals surface area contributed by atoms with E-state index in [1.807, 2.05) is 16.8 Å². The average molecular weight is 431 g/mol. The van der Waals surface area contributed by atoms with E-state index in [0.717, 1.165) is 36.9 Å². The third kappa shape index (κ3) is 4.86. The summed E-state index contributed by atoms with van der Waals surface area (Å²) in [6.45, 7) is 0.801. The topological polar surface area (TPSA) is 76.9 Å². The lowest BCUT2D eigenvalue weighted by Gasteiger charge is -2.14. The van der Waals surface area contributed by atoms with Crippen molar-refractivity contribution in [2.45, 2.75) is 38.0 Å². The largest absolute Gasteiger partial charge is 0.267 e. The zero-order valence-corrected chi connectivity index (χ0v) is 17.6. The SMILES string of the molecule is O=S(=O)(Cc1cccc(Cl)c1)NCCn1nc(-c2ccncc2)c2c1CCCC2. The summed E-state index contributed by atoms with van der Waals surface area (Å²) >= 11 is 5.95. The second-order valence-electron chi connectivity index (χ2n) is 7.22. The van der Waals surface area contributed by atoms with Crippen molar-refractivity contribution in [2.75, 3.05) is 6.54 Å². The maximum atomic E-state index is 12.4. The van der Waals surface area contributed by atoms with Crippen LogP contribution in [-0.2, 0) is 35.2 Å². The minimum atomic E-state index is -3.45. The molecule has 8 heteroatoms. The Labute approximate surface area is 176 Å². The third-order valence-corrected chi connectivity index (χ3v) is 6.69. The molecule has 29 heavy (non-hydrogen) atoms. The molecule has 0 aliphatic heterocycles. The van der Waals surface area contributed by atoms with Crippen LogP contribution in [0.3, 0.4) is 0 Å². The summed E-state index contributed by atoms with van der Waals surface area (Å²) < 4.78 is 29.5. The Kier molecular flexibility index (Phi) is 5.99. The van der Waals surface area contributed by atoms with Gasteiger partial charge < -0.3 is 0 Å². The van der Waals surface area contributed by atoms with Crippen LogP contribution in [0.25, 0.3) is 11.3 Å². The standard InChI is InChI=1S/C21H23ClN4O2S/c22-18-5-3-4-16(14-18)15-29(27,28)24-12-13-26-20-7-2-1-6-19(20)21(25-26)17-8-10-23-11-9-17/h3-5,8-11,14,24H,1-2,6-7,12-13,15H2. The lowest BCUT2D eigenvalue weighted by Crippen LogP contribution is -2.29. The number of pyridine rings is 1. The summed E-state index contributed by atoms with van der Waals surface area (Å²) in [5.74, 6) is -0.0902. The quantitative estimate of drug-likeness (QED) is 0.621. The van der Waals surface area contributed by atoms with Crippen LogP contribution in [0.1, 0.15) is 29.7 Å². The lowest BCUT2D eigenvalue weighted by atomic mass is 9.94. The van der Waals surface area contributed by atoms with Crippen molar-refractivity contribution in [3.8, 4) is 11.3 Å². The van der Waals surface area contributed by atoms with E-state index in [0.29, 0.717) is 23.7 Å². The first-order chi connectivity index (χ1) is 14.0. The number of nitrogens with one attached hydrogen (secondary N) is 1. The van der Waals surface area contributed by atoms with E-state index in [-0.39, 0.29) is 5.75 Å². The fraction of sp³-hybridized carbons (Fsp3) is 0.333. The van der Waals surface area contributed by atoms with E-state index in [4.69, 9.17) is 16.7 Å². The Morgan fingerprint density at radius 1 is 1.10 bits per heavy atom. The fourth-order valence-corrected chi connectivity index (χ4v) is 5.14. The van der Waals surface area contributed by atoms with E-state index in [2.05, 4.69) is 9.71 Å². The number of sulfonamides is 1. The van der Waals surface area contributed by atoms with E-state index >= 15 is 0 Å². The maximum Gasteiger partial charge on any atom is 0.215 e. The fourth-order valence-electron chi connectivity index (χ4n) is 3.80. The molecule has 6 nitrogen and oxygen atoms in total. The summed E-state index contributed by atoms with van der Waals surface area (Å²) in [5, 5.41) is 5.35. The van der Waals surface area contributed by atoms with E-state index < -0.39 is 10.0 Å². The highest BCUT2D eigenvalue weighted by atomic mass is 35.5. The van der Waals surface area contributed by atoms with Crippen molar-refractivity contribution in [1.29, 1.82) is 0 Å². The van der Waals surface area contributed by atoms with Gasteiger partial charge in [0, 0.05) is 40.8 Å². The number of hydrogen-bond donors (Lipinski definition) is 1. The van der Waals surface area contributed by atoms with Gasteiger partial charge in [0.1, 0.15) is 0 Å². The Morgan fingerprint density at radius 3 is 2.69 bits per heavy atom.